The quantitative estimate of drug-likeness (QED) is 0.597. The van der Waals surface area contributed by atoms with E-state index in [9.17, 15) is 9.11 Å². The van der Waals surface area contributed by atoms with E-state index in [0.29, 0.717) is 12.6 Å². The first kappa shape index (κ1) is 24.1. The summed E-state index contributed by atoms with van der Waals surface area (Å²) in [6, 6.07) is 18.0. The van der Waals surface area contributed by atoms with Gasteiger partial charge in [0.25, 0.3) is 0 Å². The molecule has 0 spiro atoms. The molecule has 0 atom stereocenters. The van der Waals surface area contributed by atoms with Crippen LogP contribution in [0.3, 0.4) is 0 Å². The van der Waals surface area contributed by atoms with E-state index in [1.54, 1.807) is 8.61 Å². The second kappa shape index (κ2) is 10.2. The Morgan fingerprint density at radius 1 is 0.897 bits per heavy atom. The molecule has 2 aromatic rings. The third kappa shape index (κ3) is 4.77. The molecule has 0 amide bonds. The van der Waals surface area contributed by atoms with Gasteiger partial charge in [-0.05, 0) is 68.2 Å². The zero-order valence-corrected chi connectivity index (χ0v) is 18.9. The fourth-order valence-electron chi connectivity index (χ4n) is 3.97. The molecule has 0 saturated carbocycles. The summed E-state index contributed by atoms with van der Waals surface area (Å²) < 4.78 is 25.8. The van der Waals surface area contributed by atoms with Crippen molar-refractivity contribution in [3.8, 4) is 0 Å². The number of hydrogen-bond acceptors (Lipinski definition) is 6. The minimum absolute atomic E-state index is 0. The van der Waals surface area contributed by atoms with Gasteiger partial charge in [-0.3, -0.25) is 13.4 Å². The van der Waals surface area contributed by atoms with Gasteiger partial charge in [0.05, 0.1) is 23.6 Å². The van der Waals surface area contributed by atoms with Gasteiger partial charge in [0.1, 0.15) is 0 Å². The molecule has 0 bridgehead atoms. The highest BCUT2D eigenvalue weighted by molar-refractivity contribution is 8.27. The number of para-hydroxylation sites is 3. The summed E-state index contributed by atoms with van der Waals surface area (Å²) in [4.78, 5) is 2.41. The lowest BCUT2D eigenvalue weighted by Gasteiger charge is -2.44. The van der Waals surface area contributed by atoms with E-state index >= 15 is 0 Å². The maximum absolute atomic E-state index is 11.2. The van der Waals surface area contributed by atoms with Gasteiger partial charge in [0, 0.05) is 12.6 Å². The van der Waals surface area contributed by atoms with Gasteiger partial charge in [-0.25, -0.2) is 4.31 Å². The van der Waals surface area contributed by atoms with E-state index < -0.39 is 11.0 Å². The van der Waals surface area contributed by atoms with E-state index in [2.05, 4.69) is 10.2 Å². The lowest BCUT2D eigenvalue weighted by atomic mass is 10.1. The molecular formula is C20H30Cl2N4O2S. The molecule has 2 aliphatic heterocycles. The smallest absolute Gasteiger partial charge is 0.0896 e. The Bertz CT molecular complexity index is 776. The number of hydrogen-bond donors (Lipinski definition) is 3. The van der Waals surface area contributed by atoms with Crippen molar-refractivity contribution in [2.45, 2.75) is 18.9 Å². The van der Waals surface area contributed by atoms with Gasteiger partial charge in [-0.2, -0.15) is 0 Å². The number of piperidine rings is 1. The first-order chi connectivity index (χ1) is 13.1. The van der Waals surface area contributed by atoms with Gasteiger partial charge in [0.15, 0.2) is 0 Å². The second-order valence-corrected chi connectivity index (χ2v) is 8.90. The first-order valence-electron chi connectivity index (χ1n) is 9.51. The van der Waals surface area contributed by atoms with E-state index in [1.165, 1.54) is 0 Å². The number of benzene rings is 2. The van der Waals surface area contributed by atoms with Crippen molar-refractivity contribution >= 4 is 52.8 Å². The summed E-state index contributed by atoms with van der Waals surface area (Å²) in [5.41, 5.74) is 2.52. The molecular weight excluding hydrogens is 431 g/mol. The molecule has 0 unspecified atom stereocenters. The molecule has 3 N–H and O–H groups in total. The van der Waals surface area contributed by atoms with E-state index in [4.69, 9.17) is 0 Å². The molecule has 0 aromatic heterocycles. The third-order valence-corrected chi connectivity index (χ3v) is 7.38. The van der Waals surface area contributed by atoms with Crippen LogP contribution >= 0.6 is 35.8 Å². The fourth-order valence-corrected chi connectivity index (χ4v) is 5.74. The maximum atomic E-state index is 11.2. The predicted octanol–water partition coefficient (Wildman–Crippen LogP) is 4.75. The van der Waals surface area contributed by atoms with E-state index in [1.807, 2.05) is 61.6 Å². The van der Waals surface area contributed by atoms with Crippen LogP contribution in [-0.4, -0.2) is 53.3 Å². The zero-order chi connectivity index (χ0) is 18.9. The summed E-state index contributed by atoms with van der Waals surface area (Å²) in [7, 11) is -1.11. The number of rotatable bonds is 5. The van der Waals surface area contributed by atoms with Gasteiger partial charge < -0.3 is 10.2 Å². The van der Waals surface area contributed by atoms with E-state index in [0.717, 1.165) is 49.5 Å². The Kier molecular flexibility index (Phi) is 8.48. The van der Waals surface area contributed by atoms with Crippen molar-refractivity contribution in [1.29, 1.82) is 0 Å². The molecule has 6 nitrogen and oxygen atoms in total. The number of likely N-dealkylation sites (tertiary alicyclic amines) is 1. The maximum Gasteiger partial charge on any atom is 0.0896 e. The monoisotopic (exact) mass is 460 g/mol. The number of fused-ring (bicyclic) bond motifs is 1. The van der Waals surface area contributed by atoms with E-state index in [-0.39, 0.29) is 24.8 Å². The number of halogens is 2. The highest BCUT2D eigenvalue weighted by Crippen LogP contribution is 2.63. The normalized spacial score (nSPS) is 19.8. The van der Waals surface area contributed by atoms with Crippen molar-refractivity contribution < 1.29 is 9.11 Å². The van der Waals surface area contributed by atoms with Crippen molar-refractivity contribution in [2.24, 2.45) is 0 Å². The molecule has 1 saturated heterocycles. The minimum Gasteiger partial charge on any atom is -0.317 e. The first-order valence-corrected chi connectivity index (χ1v) is 11.0. The summed E-state index contributed by atoms with van der Waals surface area (Å²) in [5, 5.41) is 3.35. The molecule has 2 aliphatic rings. The Morgan fingerprint density at radius 3 is 2.10 bits per heavy atom. The lowest BCUT2D eigenvalue weighted by molar-refractivity contribution is 0.207. The Hall–Kier alpha value is -1.19. The minimum atomic E-state index is -3.13. The fraction of sp³-hybridized carbons (Fsp3) is 0.400. The van der Waals surface area contributed by atoms with Gasteiger partial charge >= 0.3 is 0 Å². The molecule has 1 fully saturated rings. The molecule has 2 aromatic carbocycles. The third-order valence-electron chi connectivity index (χ3n) is 5.52. The predicted molar refractivity (Wildman–Crippen MR) is 128 cm³/mol. The summed E-state index contributed by atoms with van der Waals surface area (Å²) in [6.45, 7) is 3.50. The molecule has 9 heteroatoms. The number of nitrogens with one attached hydrogen (secondary N) is 1. The van der Waals surface area contributed by atoms with Crippen LogP contribution in [0.25, 0.3) is 0 Å². The molecule has 162 valence electrons. The van der Waals surface area contributed by atoms with Crippen LogP contribution in [0.2, 0.25) is 0 Å². The molecule has 2 heterocycles. The summed E-state index contributed by atoms with van der Waals surface area (Å²) in [6.07, 6.45) is 2.28. The topological polar surface area (TPSA) is 62.2 Å². The SMILES string of the molecule is CNC1CCN(CCN2c3ccccc3N(c3ccccc3)S2(O)O)CC1.Cl.Cl. The van der Waals surface area contributed by atoms with Crippen molar-refractivity contribution in [2.75, 3.05) is 41.8 Å². The zero-order valence-electron chi connectivity index (χ0n) is 16.5. The van der Waals surface area contributed by atoms with Gasteiger partial charge in [-0.15, -0.1) is 24.8 Å². The van der Waals surface area contributed by atoms with Crippen LogP contribution in [0.5, 0.6) is 0 Å². The van der Waals surface area contributed by atoms with Crippen molar-refractivity contribution in [3.05, 3.63) is 54.6 Å². The van der Waals surface area contributed by atoms with Crippen LogP contribution in [0.1, 0.15) is 12.8 Å². The summed E-state index contributed by atoms with van der Waals surface area (Å²) in [5.74, 6) is 0. The molecule has 29 heavy (non-hydrogen) atoms. The van der Waals surface area contributed by atoms with Crippen LogP contribution in [0, 0.1) is 0 Å². The largest absolute Gasteiger partial charge is 0.317 e. The van der Waals surface area contributed by atoms with Gasteiger partial charge in [0.2, 0.25) is 0 Å². The Labute approximate surface area is 187 Å². The van der Waals surface area contributed by atoms with Crippen LogP contribution in [-0.2, 0) is 0 Å². The average Bonchev–Trinajstić information content (AvgIpc) is 2.93. The molecule has 4 rings (SSSR count). The molecule has 0 aliphatic carbocycles. The molecule has 0 radical (unpaired) electrons. The summed E-state index contributed by atoms with van der Waals surface area (Å²) >= 11 is 0. The van der Waals surface area contributed by atoms with Gasteiger partial charge in [-0.1, -0.05) is 30.3 Å². The second-order valence-electron chi connectivity index (χ2n) is 7.12. The highest BCUT2D eigenvalue weighted by Gasteiger charge is 2.41. The standard InChI is InChI=1S/C20H28N4O2S.2ClH/c1-21-17-11-13-22(14-12-17)15-16-23-19-9-5-6-10-20(19)24(27(23,25)26)18-7-3-2-4-8-18;;/h2-10,17,21,25-26H,11-16H2,1H3;2*1H. The average molecular weight is 461 g/mol. The van der Waals surface area contributed by atoms with Crippen LogP contribution in [0.4, 0.5) is 17.1 Å². The van der Waals surface area contributed by atoms with Crippen LogP contribution in [0.15, 0.2) is 54.6 Å². The van der Waals surface area contributed by atoms with Crippen molar-refractivity contribution in [3.63, 3.8) is 0 Å². The Balaban J connectivity index is 0.00000150. The number of anilines is 3. The Morgan fingerprint density at radius 2 is 1.48 bits per heavy atom. The highest BCUT2D eigenvalue weighted by atomic mass is 35.5. The van der Waals surface area contributed by atoms with Crippen LogP contribution < -0.4 is 13.9 Å². The lowest BCUT2D eigenvalue weighted by Crippen LogP contribution is -2.44. The van der Waals surface area contributed by atoms with Crippen molar-refractivity contribution in [1.82, 2.24) is 10.2 Å². The number of nitrogens with zero attached hydrogens (tertiary/aromatic N) is 3.